The number of rotatable bonds is 8. The molecule has 2 aliphatic rings. The van der Waals surface area contributed by atoms with Gasteiger partial charge in [-0.25, -0.2) is 0 Å². The number of aromatic amines is 1. The monoisotopic (exact) mass is 374 g/mol. The highest BCUT2D eigenvalue weighted by atomic mass is 16.5. The molecule has 2 amide bonds. The predicted octanol–water partition coefficient (Wildman–Crippen LogP) is 2.08. The van der Waals surface area contributed by atoms with Gasteiger partial charge in [-0.15, -0.1) is 0 Å². The van der Waals surface area contributed by atoms with Crippen molar-refractivity contribution in [3.8, 4) is 0 Å². The van der Waals surface area contributed by atoms with E-state index in [0.717, 1.165) is 49.2 Å². The quantitative estimate of drug-likeness (QED) is 0.539. The van der Waals surface area contributed by atoms with Gasteiger partial charge in [0.2, 0.25) is 11.8 Å². The van der Waals surface area contributed by atoms with Crippen LogP contribution in [0.4, 0.5) is 0 Å². The van der Waals surface area contributed by atoms with Gasteiger partial charge in [0, 0.05) is 57.3 Å². The van der Waals surface area contributed by atoms with Gasteiger partial charge in [0.15, 0.2) is 0 Å². The summed E-state index contributed by atoms with van der Waals surface area (Å²) in [6.07, 6.45) is 10.2. The van der Waals surface area contributed by atoms with Crippen LogP contribution in [0.25, 0.3) is 0 Å². The lowest BCUT2D eigenvalue weighted by molar-refractivity contribution is -0.133. The first-order valence-electron chi connectivity index (χ1n) is 9.90. The normalized spacial score (nSPS) is 19.0. The fourth-order valence-electron chi connectivity index (χ4n) is 3.78. The second-order valence-electron chi connectivity index (χ2n) is 7.42. The molecule has 2 N–H and O–H groups in total. The predicted molar refractivity (Wildman–Crippen MR) is 102 cm³/mol. The topological polar surface area (TPSA) is 87.3 Å². The van der Waals surface area contributed by atoms with Crippen LogP contribution in [-0.4, -0.2) is 47.2 Å². The first-order valence-corrected chi connectivity index (χ1v) is 9.90. The van der Waals surface area contributed by atoms with Crippen LogP contribution in [0.1, 0.15) is 55.5 Å². The van der Waals surface area contributed by atoms with Crippen LogP contribution >= 0.6 is 0 Å². The Morgan fingerprint density at radius 3 is 3.07 bits per heavy atom. The number of hydrogen-bond donors (Lipinski definition) is 2. The number of H-pyrrole nitrogens is 1. The smallest absolute Gasteiger partial charge is 0.223 e. The highest BCUT2D eigenvalue weighted by Gasteiger charge is 2.26. The summed E-state index contributed by atoms with van der Waals surface area (Å²) in [4.78, 5) is 26.6. The molecule has 148 valence electrons. The van der Waals surface area contributed by atoms with Crippen molar-refractivity contribution in [2.45, 2.75) is 58.0 Å². The van der Waals surface area contributed by atoms with E-state index in [0.29, 0.717) is 44.9 Å². The molecule has 3 rings (SSSR count). The van der Waals surface area contributed by atoms with Gasteiger partial charge in [-0.05, 0) is 31.6 Å². The molecular weight excluding hydrogens is 344 g/mol. The number of fused-ring (bicyclic) bond motifs is 1. The summed E-state index contributed by atoms with van der Waals surface area (Å²) >= 11 is 0. The Balaban J connectivity index is 1.52. The largest absolute Gasteiger partial charge is 0.385 e. The van der Waals surface area contributed by atoms with Crippen molar-refractivity contribution in [3.05, 3.63) is 29.1 Å². The number of aromatic nitrogens is 2. The van der Waals surface area contributed by atoms with Crippen molar-refractivity contribution >= 4 is 11.8 Å². The lowest BCUT2D eigenvalue weighted by Gasteiger charge is -2.29. The number of ether oxygens (including phenoxy) is 1. The van der Waals surface area contributed by atoms with E-state index in [1.54, 1.807) is 7.11 Å². The van der Waals surface area contributed by atoms with Crippen molar-refractivity contribution in [2.24, 2.45) is 5.92 Å². The van der Waals surface area contributed by atoms with Crippen molar-refractivity contribution in [2.75, 3.05) is 20.3 Å². The third-order valence-electron chi connectivity index (χ3n) is 5.42. The van der Waals surface area contributed by atoms with Crippen molar-refractivity contribution in [1.29, 1.82) is 0 Å². The molecule has 27 heavy (non-hydrogen) atoms. The molecule has 2 heterocycles. The second kappa shape index (κ2) is 9.69. The third-order valence-corrected chi connectivity index (χ3v) is 5.42. The van der Waals surface area contributed by atoms with Gasteiger partial charge in [-0.1, -0.05) is 12.2 Å². The summed E-state index contributed by atoms with van der Waals surface area (Å²) in [6.45, 7) is 2.30. The molecule has 0 fully saturated rings. The zero-order valence-electron chi connectivity index (χ0n) is 16.1. The average molecular weight is 374 g/mol. The van der Waals surface area contributed by atoms with Gasteiger partial charge in [0.1, 0.15) is 0 Å². The molecule has 0 radical (unpaired) electrons. The van der Waals surface area contributed by atoms with Crippen LogP contribution in [0.2, 0.25) is 0 Å². The van der Waals surface area contributed by atoms with E-state index in [1.165, 1.54) is 0 Å². The maximum atomic E-state index is 12.7. The molecular formula is C20H30N4O3. The average Bonchev–Trinajstić information content (AvgIpc) is 3.09. The van der Waals surface area contributed by atoms with E-state index in [1.807, 2.05) is 4.90 Å². The van der Waals surface area contributed by atoms with Crippen LogP contribution in [-0.2, 0) is 33.8 Å². The Hall–Kier alpha value is -2.15. The van der Waals surface area contributed by atoms with Gasteiger partial charge in [0.25, 0.3) is 0 Å². The van der Waals surface area contributed by atoms with E-state index in [2.05, 4.69) is 27.7 Å². The molecule has 0 aromatic carbocycles. The Bertz CT molecular complexity index is 683. The lowest BCUT2D eigenvalue weighted by Crippen LogP contribution is -2.37. The number of carbonyl (C=O) groups excluding carboxylic acids is 2. The maximum absolute atomic E-state index is 12.7. The number of nitrogens with one attached hydrogen (secondary N) is 2. The molecule has 0 bridgehead atoms. The number of amides is 2. The Kier molecular flexibility index (Phi) is 7.04. The zero-order chi connectivity index (χ0) is 19.1. The Morgan fingerprint density at radius 2 is 2.30 bits per heavy atom. The summed E-state index contributed by atoms with van der Waals surface area (Å²) in [5, 5.41) is 10.4. The van der Waals surface area contributed by atoms with Crippen molar-refractivity contribution in [3.63, 3.8) is 0 Å². The number of allylic oxidation sites excluding steroid dienone is 2. The van der Waals surface area contributed by atoms with Gasteiger partial charge in [0.05, 0.1) is 12.2 Å². The fourth-order valence-corrected chi connectivity index (χ4v) is 3.78. The molecule has 0 spiro atoms. The first-order chi connectivity index (χ1) is 13.2. The Labute approximate surface area is 160 Å². The van der Waals surface area contributed by atoms with Crippen LogP contribution in [0.15, 0.2) is 12.2 Å². The number of nitrogens with zero attached hydrogens (tertiary/aromatic N) is 2. The molecule has 7 heteroatoms. The SMILES string of the molecule is COCCCC(=O)NCc1n[nH]c2c1CN(C(=O)C[C@@H]1CC=CCC1)CC2. The van der Waals surface area contributed by atoms with E-state index < -0.39 is 0 Å². The summed E-state index contributed by atoms with van der Waals surface area (Å²) < 4.78 is 4.97. The second-order valence-corrected chi connectivity index (χ2v) is 7.42. The molecule has 1 atom stereocenters. The Morgan fingerprint density at radius 1 is 1.41 bits per heavy atom. The highest BCUT2D eigenvalue weighted by Crippen LogP contribution is 2.25. The molecule has 0 saturated heterocycles. The van der Waals surface area contributed by atoms with Gasteiger partial charge >= 0.3 is 0 Å². The summed E-state index contributed by atoms with van der Waals surface area (Å²) in [5.74, 6) is 0.703. The molecule has 1 aliphatic carbocycles. The standard InChI is InChI=1S/C20H30N4O3/c1-27-11-5-8-19(25)21-13-18-16-14-24(10-9-17(16)22-23-18)20(26)12-15-6-3-2-4-7-15/h2-3,15H,4-14H2,1H3,(H,21,25)(H,22,23)/t15-/m1/s1. The summed E-state index contributed by atoms with van der Waals surface area (Å²) in [7, 11) is 1.63. The van der Waals surface area contributed by atoms with Crippen molar-refractivity contribution in [1.82, 2.24) is 20.4 Å². The molecule has 1 aromatic heterocycles. The molecule has 1 aliphatic heterocycles. The van der Waals surface area contributed by atoms with Crippen LogP contribution in [0, 0.1) is 5.92 Å². The third kappa shape index (κ3) is 5.42. The number of methoxy groups -OCH3 is 1. The molecule has 0 saturated carbocycles. The first kappa shape index (κ1) is 19.6. The van der Waals surface area contributed by atoms with E-state index in [4.69, 9.17) is 4.74 Å². The summed E-state index contributed by atoms with van der Waals surface area (Å²) in [6, 6.07) is 0. The number of carbonyl (C=O) groups is 2. The molecule has 1 aromatic rings. The van der Waals surface area contributed by atoms with E-state index >= 15 is 0 Å². The van der Waals surface area contributed by atoms with E-state index in [9.17, 15) is 9.59 Å². The minimum absolute atomic E-state index is 0.00195. The van der Waals surface area contributed by atoms with Crippen LogP contribution in [0.5, 0.6) is 0 Å². The van der Waals surface area contributed by atoms with Gasteiger partial charge < -0.3 is 15.0 Å². The minimum atomic E-state index is -0.00195. The fraction of sp³-hybridized carbons (Fsp3) is 0.650. The van der Waals surface area contributed by atoms with Gasteiger partial charge in [-0.3, -0.25) is 14.7 Å². The minimum Gasteiger partial charge on any atom is -0.385 e. The maximum Gasteiger partial charge on any atom is 0.223 e. The van der Waals surface area contributed by atoms with Crippen LogP contribution < -0.4 is 5.32 Å². The zero-order valence-corrected chi connectivity index (χ0v) is 16.1. The summed E-state index contributed by atoms with van der Waals surface area (Å²) in [5.41, 5.74) is 2.99. The van der Waals surface area contributed by atoms with Crippen LogP contribution in [0.3, 0.4) is 0 Å². The van der Waals surface area contributed by atoms with E-state index in [-0.39, 0.29) is 11.8 Å². The molecule has 7 nitrogen and oxygen atoms in total. The highest BCUT2D eigenvalue weighted by molar-refractivity contribution is 5.77. The lowest BCUT2D eigenvalue weighted by atomic mass is 9.90. The van der Waals surface area contributed by atoms with Gasteiger partial charge in [-0.2, -0.15) is 5.10 Å². The molecule has 0 unspecified atom stereocenters. The number of hydrogen-bond acceptors (Lipinski definition) is 4. The van der Waals surface area contributed by atoms with Crippen molar-refractivity contribution < 1.29 is 14.3 Å².